The fourth-order valence-electron chi connectivity index (χ4n) is 6.60. The lowest BCUT2D eigenvalue weighted by atomic mass is 9.59. The summed E-state index contributed by atoms with van der Waals surface area (Å²) >= 11 is 6.32. The third kappa shape index (κ3) is 3.71. The number of aryl methyl sites for hydroxylation is 1. The van der Waals surface area contributed by atoms with E-state index in [0.717, 1.165) is 11.1 Å². The molecule has 3 aliphatic carbocycles. The molecule has 4 aliphatic rings. The number of amides is 2. The van der Waals surface area contributed by atoms with E-state index in [4.69, 9.17) is 16.3 Å². The van der Waals surface area contributed by atoms with E-state index >= 15 is 0 Å². The van der Waals surface area contributed by atoms with E-state index in [1.165, 1.54) is 24.2 Å². The molecular formula is C31H26ClNO6. The molecule has 1 N–H and O–H groups in total. The summed E-state index contributed by atoms with van der Waals surface area (Å²) in [6, 6.07) is 10.0. The molecule has 2 amide bonds. The van der Waals surface area contributed by atoms with Gasteiger partial charge in [-0.15, -0.1) is 0 Å². The predicted octanol–water partition coefficient (Wildman–Crippen LogP) is 5.00. The lowest BCUT2D eigenvalue weighted by Crippen LogP contribution is -2.39. The average Bonchev–Trinajstić information content (AvgIpc) is 3.17. The largest absolute Gasteiger partial charge is 0.504 e. The number of ether oxygens (including phenoxy) is 1. The molecule has 0 spiro atoms. The Morgan fingerprint density at radius 3 is 2.46 bits per heavy atom. The normalized spacial score (nSPS) is 26.2. The van der Waals surface area contributed by atoms with E-state index in [0.29, 0.717) is 39.4 Å². The average molecular weight is 544 g/mol. The first-order valence-corrected chi connectivity index (χ1v) is 13.2. The molecule has 1 heterocycles. The van der Waals surface area contributed by atoms with Crippen molar-refractivity contribution in [3.63, 3.8) is 0 Å². The van der Waals surface area contributed by atoms with E-state index in [1.807, 2.05) is 13.0 Å². The Morgan fingerprint density at radius 2 is 1.77 bits per heavy atom. The molecule has 8 heteroatoms. The summed E-state index contributed by atoms with van der Waals surface area (Å²) in [4.78, 5) is 55.4. The fourth-order valence-corrected chi connectivity index (χ4v) is 6.78. The van der Waals surface area contributed by atoms with Crippen molar-refractivity contribution in [1.29, 1.82) is 0 Å². The molecule has 0 unspecified atom stereocenters. The number of ketones is 2. The maximum atomic E-state index is 13.9. The minimum atomic E-state index is -0.684. The van der Waals surface area contributed by atoms with Crippen molar-refractivity contribution >= 4 is 40.7 Å². The first-order chi connectivity index (χ1) is 18.6. The van der Waals surface area contributed by atoms with E-state index in [-0.39, 0.29) is 41.3 Å². The number of carbonyl (C=O) groups is 4. The number of allylic oxidation sites excluding steroid dienone is 6. The van der Waals surface area contributed by atoms with Gasteiger partial charge in [-0.05, 0) is 74.1 Å². The molecule has 7 nitrogen and oxygen atoms in total. The summed E-state index contributed by atoms with van der Waals surface area (Å²) in [5.74, 6) is -3.27. The second-order valence-electron chi connectivity index (χ2n) is 10.6. The molecule has 1 fully saturated rings. The standard InChI is InChI=1S/C31H26ClNO6/c1-14-4-6-17(12-22(14)32)33-30(37)19-8-7-18-20(27(19)31(33)38)13-21-23(34)10-15(2)29(36)28(21)26(18)16-5-9-25(39-3)24(35)11-16/h4-7,9-12,19-20,26-27,35H,8,13H2,1-3H3/t19-,20+,26-,27-/m0/s1. The number of methoxy groups -OCH3 is 1. The highest BCUT2D eigenvalue weighted by Crippen LogP contribution is 2.56. The summed E-state index contributed by atoms with van der Waals surface area (Å²) in [5, 5.41) is 11.0. The molecule has 39 heavy (non-hydrogen) atoms. The van der Waals surface area contributed by atoms with Gasteiger partial charge in [0.15, 0.2) is 23.1 Å². The van der Waals surface area contributed by atoms with Crippen LogP contribution < -0.4 is 9.64 Å². The van der Waals surface area contributed by atoms with Crippen molar-refractivity contribution in [3.05, 3.63) is 87.0 Å². The minimum absolute atomic E-state index is 0.0926. The number of rotatable bonds is 3. The Bertz CT molecular complexity index is 1600. The van der Waals surface area contributed by atoms with Crippen LogP contribution in [0.15, 0.2) is 70.8 Å². The predicted molar refractivity (Wildman–Crippen MR) is 145 cm³/mol. The van der Waals surface area contributed by atoms with E-state index in [2.05, 4.69) is 0 Å². The molecule has 198 valence electrons. The second-order valence-corrected chi connectivity index (χ2v) is 11.0. The van der Waals surface area contributed by atoms with E-state index in [9.17, 15) is 24.3 Å². The van der Waals surface area contributed by atoms with Gasteiger partial charge in [-0.25, -0.2) is 4.90 Å². The van der Waals surface area contributed by atoms with Gasteiger partial charge in [-0.3, -0.25) is 19.2 Å². The quantitative estimate of drug-likeness (QED) is 0.332. The maximum absolute atomic E-state index is 13.9. The van der Waals surface area contributed by atoms with Gasteiger partial charge in [0.05, 0.1) is 24.6 Å². The highest BCUT2D eigenvalue weighted by molar-refractivity contribution is 6.32. The van der Waals surface area contributed by atoms with E-state index in [1.54, 1.807) is 37.3 Å². The van der Waals surface area contributed by atoms with Crippen LogP contribution in [-0.2, 0) is 19.2 Å². The van der Waals surface area contributed by atoms with Crippen molar-refractivity contribution < 1.29 is 29.0 Å². The number of hydrogen-bond donors (Lipinski definition) is 1. The zero-order chi connectivity index (χ0) is 27.7. The number of nitrogens with zero attached hydrogens (tertiary/aromatic N) is 1. The first kappa shape index (κ1) is 25.3. The molecule has 2 aromatic rings. The number of aromatic hydroxyl groups is 1. The lowest BCUT2D eigenvalue weighted by Gasteiger charge is -2.42. The van der Waals surface area contributed by atoms with Crippen LogP contribution in [0.1, 0.15) is 36.8 Å². The summed E-state index contributed by atoms with van der Waals surface area (Å²) in [7, 11) is 1.45. The SMILES string of the molecule is COc1ccc([C@H]2C3=CC[C@@H]4C(=O)N(c5ccc(C)c(Cl)c5)C(=O)[C@@H]4[C@@H]3CC3=C2C(=O)C(C)=CC3=O)cc1O. The van der Waals surface area contributed by atoms with Gasteiger partial charge in [0.1, 0.15) is 0 Å². The molecule has 6 rings (SSSR count). The van der Waals surface area contributed by atoms with Crippen molar-refractivity contribution in [2.45, 2.75) is 32.6 Å². The number of carbonyl (C=O) groups excluding carboxylic acids is 4. The zero-order valence-electron chi connectivity index (χ0n) is 21.7. The minimum Gasteiger partial charge on any atom is -0.504 e. The molecule has 0 aromatic heterocycles. The topological polar surface area (TPSA) is 101 Å². The highest BCUT2D eigenvalue weighted by atomic mass is 35.5. The van der Waals surface area contributed by atoms with Crippen molar-refractivity contribution in [1.82, 2.24) is 0 Å². The van der Waals surface area contributed by atoms with Gasteiger partial charge in [-0.1, -0.05) is 35.4 Å². The number of halogens is 1. The number of hydrogen-bond acceptors (Lipinski definition) is 6. The molecule has 1 aliphatic heterocycles. The van der Waals surface area contributed by atoms with Crippen molar-refractivity contribution in [2.24, 2.45) is 17.8 Å². The number of benzene rings is 2. The van der Waals surface area contributed by atoms with Gasteiger partial charge in [0.25, 0.3) is 0 Å². The smallest absolute Gasteiger partial charge is 0.238 e. The van der Waals surface area contributed by atoms with E-state index < -0.39 is 23.7 Å². The number of phenolic OH excluding ortho intramolecular Hbond substituents is 1. The lowest BCUT2D eigenvalue weighted by molar-refractivity contribution is -0.123. The molecule has 4 atom stereocenters. The number of anilines is 1. The van der Waals surface area contributed by atoms with Gasteiger partial charge in [0, 0.05) is 27.7 Å². The Hall–Kier alpha value is -3.97. The van der Waals surface area contributed by atoms with Crippen LogP contribution in [0.25, 0.3) is 0 Å². The van der Waals surface area contributed by atoms with Gasteiger partial charge >= 0.3 is 0 Å². The van der Waals surface area contributed by atoms with Crippen LogP contribution in [-0.4, -0.2) is 35.6 Å². The van der Waals surface area contributed by atoms with Crippen LogP contribution in [0.4, 0.5) is 5.69 Å². The Morgan fingerprint density at radius 1 is 1.00 bits per heavy atom. The van der Waals surface area contributed by atoms with Crippen LogP contribution >= 0.6 is 11.6 Å². The number of Topliss-reactive ketones (excluding diaryl/α,β-unsaturated/α-hetero) is 1. The maximum Gasteiger partial charge on any atom is 0.238 e. The van der Waals surface area contributed by atoms with Crippen molar-refractivity contribution in [2.75, 3.05) is 12.0 Å². The highest BCUT2D eigenvalue weighted by Gasteiger charge is 2.56. The monoisotopic (exact) mass is 543 g/mol. The number of imide groups is 1. The summed E-state index contributed by atoms with van der Waals surface area (Å²) in [6.45, 7) is 3.46. The van der Waals surface area contributed by atoms with Crippen molar-refractivity contribution in [3.8, 4) is 11.5 Å². The van der Waals surface area contributed by atoms with Gasteiger partial charge < -0.3 is 9.84 Å². The number of fused-ring (bicyclic) bond motifs is 3. The van der Waals surface area contributed by atoms with Crippen LogP contribution in [0.5, 0.6) is 11.5 Å². The van der Waals surface area contributed by atoms with Crippen LogP contribution in [0, 0.1) is 24.7 Å². The third-order valence-corrected chi connectivity index (χ3v) is 8.92. The molecule has 1 saturated heterocycles. The van der Waals surface area contributed by atoms with Crippen LogP contribution in [0.3, 0.4) is 0 Å². The molecule has 2 aromatic carbocycles. The first-order valence-electron chi connectivity index (χ1n) is 12.8. The molecule has 0 saturated carbocycles. The zero-order valence-corrected chi connectivity index (χ0v) is 22.4. The van der Waals surface area contributed by atoms with Gasteiger partial charge in [-0.2, -0.15) is 0 Å². The fraction of sp³-hybridized carbons (Fsp3) is 0.290. The summed E-state index contributed by atoms with van der Waals surface area (Å²) in [6.07, 6.45) is 3.82. The Labute approximate surface area is 230 Å². The Balaban J connectivity index is 1.48. The van der Waals surface area contributed by atoms with Gasteiger partial charge in [0.2, 0.25) is 11.8 Å². The second kappa shape index (κ2) is 9.06. The molecular weight excluding hydrogens is 518 g/mol. The summed E-state index contributed by atoms with van der Waals surface area (Å²) < 4.78 is 5.20. The summed E-state index contributed by atoms with van der Waals surface area (Å²) in [5.41, 5.74) is 3.79. The Kier molecular flexibility index (Phi) is 5.88. The third-order valence-electron chi connectivity index (χ3n) is 8.51. The number of phenols is 1. The molecule has 0 bridgehead atoms. The van der Waals surface area contributed by atoms with Crippen LogP contribution in [0.2, 0.25) is 5.02 Å². The molecule has 0 radical (unpaired) electrons.